The van der Waals surface area contributed by atoms with Crippen molar-refractivity contribution in [3.05, 3.63) is 44.0 Å². The Morgan fingerprint density at radius 2 is 2.12 bits per heavy atom. The summed E-state index contributed by atoms with van der Waals surface area (Å²) in [5.74, 6) is 0.502. The molecule has 3 N–H and O–H groups in total. The topological polar surface area (TPSA) is 124 Å². The number of ether oxygens (including phenoxy) is 1. The molecule has 0 saturated heterocycles. The fraction of sp³-hybridized carbons (Fsp3) is 0.471. The lowest BCUT2D eigenvalue weighted by molar-refractivity contribution is 0.0599. The third-order valence-electron chi connectivity index (χ3n) is 4.10. The molecule has 2 aromatic rings. The van der Waals surface area contributed by atoms with Crippen molar-refractivity contribution in [2.24, 2.45) is 0 Å². The number of methoxy groups -OCH3 is 1. The molecule has 0 unspecified atom stereocenters. The number of furan rings is 1. The maximum Gasteiger partial charge on any atom is 0.341 e. The fourth-order valence-corrected chi connectivity index (χ4v) is 2.73. The Bertz CT molecular complexity index is 909. The quantitative estimate of drug-likeness (QED) is 0.708. The van der Waals surface area contributed by atoms with Gasteiger partial charge in [0.2, 0.25) is 0 Å². The van der Waals surface area contributed by atoms with Gasteiger partial charge >= 0.3 is 11.7 Å². The summed E-state index contributed by atoms with van der Waals surface area (Å²) >= 11 is 0. The lowest BCUT2D eigenvalue weighted by Gasteiger charge is -2.20. The van der Waals surface area contributed by atoms with Crippen molar-refractivity contribution in [2.75, 3.05) is 24.8 Å². The van der Waals surface area contributed by atoms with Gasteiger partial charge in [-0.2, -0.15) is 0 Å². The summed E-state index contributed by atoms with van der Waals surface area (Å²) in [4.78, 5) is 39.8. The van der Waals surface area contributed by atoms with Gasteiger partial charge in [-0.15, -0.1) is 0 Å². The van der Waals surface area contributed by atoms with E-state index in [-0.39, 0.29) is 18.1 Å². The summed E-state index contributed by atoms with van der Waals surface area (Å²) in [5, 5.41) is 0. The monoisotopic (exact) mass is 364 g/mol. The van der Waals surface area contributed by atoms with Crippen molar-refractivity contribution in [1.29, 1.82) is 0 Å². The van der Waals surface area contributed by atoms with Gasteiger partial charge in [-0.05, 0) is 19.4 Å². The number of aryl methyl sites for hydroxylation is 1. The normalized spacial score (nSPS) is 10.8. The van der Waals surface area contributed by atoms with Crippen molar-refractivity contribution in [3.8, 4) is 0 Å². The summed E-state index contributed by atoms with van der Waals surface area (Å²) in [6.07, 6.45) is 1.65. The van der Waals surface area contributed by atoms with Crippen LogP contribution in [0.1, 0.15) is 41.6 Å². The SMILES string of the molecule is CCCCn1c(N)c(N(C)Cc2cc(C(=O)OC)c(C)o2)c(=O)[nH]c1=O. The molecule has 0 radical (unpaired) electrons. The molecule has 9 nitrogen and oxygen atoms in total. The Kier molecular flexibility index (Phi) is 5.91. The second-order valence-electron chi connectivity index (χ2n) is 6.03. The highest BCUT2D eigenvalue weighted by Gasteiger charge is 2.20. The van der Waals surface area contributed by atoms with Gasteiger partial charge in [0.15, 0.2) is 0 Å². The Morgan fingerprint density at radius 1 is 1.42 bits per heavy atom. The van der Waals surface area contributed by atoms with E-state index < -0.39 is 17.2 Å². The molecule has 0 spiro atoms. The van der Waals surface area contributed by atoms with Crippen LogP contribution in [0.4, 0.5) is 11.5 Å². The van der Waals surface area contributed by atoms with Crippen LogP contribution in [0.5, 0.6) is 0 Å². The molecule has 0 amide bonds. The summed E-state index contributed by atoms with van der Waals surface area (Å²) in [7, 11) is 2.95. The van der Waals surface area contributed by atoms with Crippen LogP contribution >= 0.6 is 0 Å². The number of rotatable bonds is 7. The number of unbranched alkanes of at least 4 members (excludes halogenated alkanes) is 1. The van der Waals surface area contributed by atoms with Gasteiger partial charge in [0.1, 0.15) is 28.6 Å². The second-order valence-corrected chi connectivity index (χ2v) is 6.03. The molecular weight excluding hydrogens is 340 g/mol. The number of H-pyrrole nitrogens is 1. The molecule has 0 fully saturated rings. The van der Waals surface area contributed by atoms with E-state index in [0.29, 0.717) is 23.6 Å². The fourth-order valence-electron chi connectivity index (χ4n) is 2.73. The summed E-state index contributed by atoms with van der Waals surface area (Å²) < 4.78 is 11.6. The first-order chi connectivity index (χ1) is 12.3. The molecule has 2 heterocycles. The van der Waals surface area contributed by atoms with Crippen LogP contribution in [0.2, 0.25) is 0 Å². The van der Waals surface area contributed by atoms with Crippen molar-refractivity contribution in [3.63, 3.8) is 0 Å². The summed E-state index contributed by atoms with van der Waals surface area (Å²) in [5.41, 5.74) is 5.48. The van der Waals surface area contributed by atoms with Crippen molar-refractivity contribution < 1.29 is 13.9 Å². The highest BCUT2D eigenvalue weighted by atomic mass is 16.5. The van der Waals surface area contributed by atoms with Crippen molar-refractivity contribution in [2.45, 2.75) is 39.8 Å². The summed E-state index contributed by atoms with van der Waals surface area (Å²) in [6.45, 7) is 4.27. The van der Waals surface area contributed by atoms with E-state index in [9.17, 15) is 14.4 Å². The molecule has 0 saturated carbocycles. The number of anilines is 2. The number of esters is 1. The first-order valence-corrected chi connectivity index (χ1v) is 8.31. The van der Waals surface area contributed by atoms with Crippen LogP contribution in [0.15, 0.2) is 20.1 Å². The van der Waals surface area contributed by atoms with E-state index in [1.54, 1.807) is 24.9 Å². The molecule has 0 bridgehead atoms. The first-order valence-electron chi connectivity index (χ1n) is 8.31. The number of hydrogen-bond donors (Lipinski definition) is 2. The number of aromatic amines is 1. The molecule has 0 aliphatic heterocycles. The molecular formula is C17H24N4O5. The van der Waals surface area contributed by atoms with Gasteiger partial charge in [-0.1, -0.05) is 13.3 Å². The number of nitrogen functional groups attached to an aromatic ring is 1. The van der Waals surface area contributed by atoms with Gasteiger partial charge in [-0.3, -0.25) is 14.3 Å². The van der Waals surface area contributed by atoms with E-state index in [4.69, 9.17) is 14.9 Å². The predicted molar refractivity (Wildman–Crippen MR) is 97.5 cm³/mol. The predicted octanol–water partition coefficient (Wildman–Crippen LogP) is 1.24. The first kappa shape index (κ1) is 19.4. The lowest BCUT2D eigenvalue weighted by atomic mass is 10.2. The number of hydrogen-bond acceptors (Lipinski definition) is 7. The molecule has 0 aromatic carbocycles. The smallest absolute Gasteiger partial charge is 0.341 e. The summed E-state index contributed by atoms with van der Waals surface area (Å²) in [6, 6.07) is 1.56. The lowest BCUT2D eigenvalue weighted by Crippen LogP contribution is -2.37. The second kappa shape index (κ2) is 7.94. The number of carbonyl (C=O) groups is 1. The molecule has 0 aliphatic rings. The zero-order valence-electron chi connectivity index (χ0n) is 15.4. The maximum atomic E-state index is 12.2. The Hall–Kier alpha value is -2.97. The molecule has 26 heavy (non-hydrogen) atoms. The zero-order chi connectivity index (χ0) is 19.4. The molecule has 142 valence electrons. The van der Waals surface area contributed by atoms with Gasteiger partial charge in [0.25, 0.3) is 5.56 Å². The average Bonchev–Trinajstić information content (AvgIpc) is 2.93. The number of aromatic nitrogens is 2. The third kappa shape index (κ3) is 3.81. The van der Waals surface area contributed by atoms with Crippen LogP contribution in [0.3, 0.4) is 0 Å². The van der Waals surface area contributed by atoms with Crippen LogP contribution in [-0.4, -0.2) is 29.7 Å². The standard InChI is InChI=1S/C17H24N4O5/c1-5-6-7-21-14(18)13(15(22)19-17(21)24)20(3)9-11-8-12(10(2)26-11)16(23)25-4/h8H,5-7,9,18H2,1-4H3,(H,19,22,24). The maximum absolute atomic E-state index is 12.2. The molecule has 0 atom stereocenters. The average molecular weight is 364 g/mol. The van der Waals surface area contributed by atoms with Gasteiger partial charge in [0.05, 0.1) is 13.7 Å². The minimum Gasteiger partial charge on any atom is -0.465 e. The van der Waals surface area contributed by atoms with Crippen LogP contribution in [-0.2, 0) is 17.8 Å². The van der Waals surface area contributed by atoms with E-state index in [2.05, 4.69) is 4.98 Å². The molecule has 2 aromatic heterocycles. The highest BCUT2D eigenvalue weighted by Crippen LogP contribution is 2.21. The van der Waals surface area contributed by atoms with Gasteiger partial charge < -0.3 is 19.8 Å². The Balaban J connectivity index is 2.35. The molecule has 0 aliphatic carbocycles. The molecule has 2 rings (SSSR count). The zero-order valence-corrected chi connectivity index (χ0v) is 15.4. The highest BCUT2D eigenvalue weighted by molar-refractivity contribution is 5.90. The number of nitrogens with one attached hydrogen (secondary N) is 1. The third-order valence-corrected chi connectivity index (χ3v) is 4.10. The van der Waals surface area contributed by atoms with E-state index in [1.807, 2.05) is 6.92 Å². The van der Waals surface area contributed by atoms with E-state index in [1.165, 1.54) is 11.7 Å². The number of nitrogens with zero attached hydrogens (tertiary/aromatic N) is 2. The number of nitrogens with two attached hydrogens (primary N) is 1. The molecule has 9 heteroatoms. The van der Waals surface area contributed by atoms with Crippen molar-refractivity contribution in [1.82, 2.24) is 9.55 Å². The van der Waals surface area contributed by atoms with Gasteiger partial charge in [-0.25, -0.2) is 9.59 Å². The van der Waals surface area contributed by atoms with Crippen LogP contribution in [0, 0.1) is 6.92 Å². The Labute approximate surface area is 150 Å². The number of carbonyl (C=O) groups excluding carboxylic acids is 1. The minimum atomic E-state index is -0.570. The largest absolute Gasteiger partial charge is 0.465 e. The minimum absolute atomic E-state index is 0.103. The van der Waals surface area contributed by atoms with Crippen molar-refractivity contribution >= 4 is 17.5 Å². The van der Waals surface area contributed by atoms with E-state index >= 15 is 0 Å². The van der Waals surface area contributed by atoms with E-state index in [0.717, 1.165) is 12.8 Å². The van der Waals surface area contributed by atoms with Gasteiger partial charge in [0, 0.05) is 13.6 Å². The van der Waals surface area contributed by atoms with Crippen LogP contribution in [0.25, 0.3) is 0 Å². The van der Waals surface area contributed by atoms with Crippen LogP contribution < -0.4 is 21.9 Å². The Morgan fingerprint density at radius 3 is 2.73 bits per heavy atom.